The monoisotopic (exact) mass is 190 g/mol. The highest BCUT2D eigenvalue weighted by molar-refractivity contribution is 5.89. The van der Waals surface area contributed by atoms with Crippen molar-refractivity contribution in [2.45, 2.75) is 20.0 Å². The topological polar surface area (TPSA) is 51.2 Å². The van der Waals surface area contributed by atoms with Gasteiger partial charge in [0.05, 0.1) is 5.52 Å². The zero-order chi connectivity index (χ0) is 10.1. The fourth-order valence-electron chi connectivity index (χ4n) is 1.84. The maximum absolute atomic E-state index is 9.72. The number of aromatic nitrogens is 1. The van der Waals surface area contributed by atoms with Gasteiger partial charge in [0.2, 0.25) is 0 Å². The summed E-state index contributed by atoms with van der Waals surface area (Å²) in [5.41, 5.74) is 7.68. The van der Waals surface area contributed by atoms with E-state index in [1.165, 1.54) is 0 Å². The average molecular weight is 190 g/mol. The Labute approximate surface area is 82.8 Å². The Kier molecular flexibility index (Phi) is 2.17. The number of hydrogen-bond acceptors (Lipinski definition) is 2. The van der Waals surface area contributed by atoms with Crippen LogP contribution in [0.4, 0.5) is 0 Å². The SMILES string of the molecule is CCn1cc(CN)c2c(O)cccc21. The lowest BCUT2D eigenvalue weighted by atomic mass is 10.1. The summed E-state index contributed by atoms with van der Waals surface area (Å²) in [5.74, 6) is 0.315. The zero-order valence-corrected chi connectivity index (χ0v) is 8.20. The number of phenolic OH excluding ortho intramolecular Hbond substituents is 1. The highest BCUT2D eigenvalue weighted by Gasteiger charge is 2.09. The van der Waals surface area contributed by atoms with E-state index in [2.05, 4.69) is 11.5 Å². The van der Waals surface area contributed by atoms with Crippen LogP contribution in [0.25, 0.3) is 10.9 Å². The molecule has 0 radical (unpaired) electrons. The molecule has 1 aromatic carbocycles. The van der Waals surface area contributed by atoms with Gasteiger partial charge in [-0.3, -0.25) is 0 Å². The normalized spacial score (nSPS) is 11.0. The highest BCUT2D eigenvalue weighted by atomic mass is 16.3. The number of nitrogens with two attached hydrogens (primary N) is 1. The van der Waals surface area contributed by atoms with E-state index in [-0.39, 0.29) is 0 Å². The molecule has 0 fully saturated rings. The molecule has 0 atom stereocenters. The van der Waals surface area contributed by atoms with Gasteiger partial charge in [0.15, 0.2) is 0 Å². The second kappa shape index (κ2) is 3.35. The third-order valence-corrected chi connectivity index (χ3v) is 2.52. The smallest absolute Gasteiger partial charge is 0.125 e. The Morgan fingerprint density at radius 3 is 2.86 bits per heavy atom. The van der Waals surface area contributed by atoms with E-state index >= 15 is 0 Å². The van der Waals surface area contributed by atoms with Crippen molar-refractivity contribution in [1.29, 1.82) is 0 Å². The van der Waals surface area contributed by atoms with Crippen molar-refractivity contribution >= 4 is 10.9 Å². The molecule has 2 rings (SSSR count). The van der Waals surface area contributed by atoms with Gasteiger partial charge in [-0.1, -0.05) is 6.07 Å². The van der Waals surface area contributed by atoms with Crippen molar-refractivity contribution in [1.82, 2.24) is 4.57 Å². The van der Waals surface area contributed by atoms with Crippen LogP contribution in [-0.4, -0.2) is 9.67 Å². The van der Waals surface area contributed by atoms with E-state index in [0.29, 0.717) is 12.3 Å². The number of hydrogen-bond donors (Lipinski definition) is 2. The Balaban J connectivity index is 2.82. The molecular weight excluding hydrogens is 176 g/mol. The third kappa shape index (κ3) is 1.17. The molecule has 0 aliphatic heterocycles. The first kappa shape index (κ1) is 9.09. The molecule has 74 valence electrons. The lowest BCUT2D eigenvalue weighted by Gasteiger charge is -2.00. The molecule has 3 heteroatoms. The predicted molar refractivity (Wildman–Crippen MR) is 57.2 cm³/mol. The van der Waals surface area contributed by atoms with Gasteiger partial charge >= 0.3 is 0 Å². The van der Waals surface area contributed by atoms with Gasteiger partial charge in [-0.05, 0) is 24.6 Å². The largest absolute Gasteiger partial charge is 0.507 e. The van der Waals surface area contributed by atoms with Gasteiger partial charge in [-0.25, -0.2) is 0 Å². The molecule has 0 bridgehead atoms. The van der Waals surface area contributed by atoms with Gasteiger partial charge in [0, 0.05) is 24.7 Å². The van der Waals surface area contributed by atoms with Crippen LogP contribution in [0.2, 0.25) is 0 Å². The summed E-state index contributed by atoms with van der Waals surface area (Å²) in [4.78, 5) is 0. The minimum absolute atomic E-state index is 0.315. The lowest BCUT2D eigenvalue weighted by Crippen LogP contribution is -1.95. The molecule has 1 aromatic heterocycles. The predicted octanol–water partition coefficient (Wildman–Crippen LogP) is 1.83. The van der Waals surface area contributed by atoms with E-state index < -0.39 is 0 Å². The number of rotatable bonds is 2. The first-order valence-corrected chi connectivity index (χ1v) is 4.77. The number of aryl methyl sites for hydroxylation is 1. The van der Waals surface area contributed by atoms with Gasteiger partial charge in [0.25, 0.3) is 0 Å². The van der Waals surface area contributed by atoms with Crippen LogP contribution in [0.1, 0.15) is 12.5 Å². The van der Waals surface area contributed by atoms with Crippen molar-refractivity contribution in [3.8, 4) is 5.75 Å². The molecule has 3 N–H and O–H groups in total. The average Bonchev–Trinajstić information content (AvgIpc) is 2.57. The van der Waals surface area contributed by atoms with Crippen molar-refractivity contribution in [3.05, 3.63) is 30.0 Å². The van der Waals surface area contributed by atoms with Crippen molar-refractivity contribution in [2.24, 2.45) is 5.73 Å². The first-order chi connectivity index (χ1) is 6.77. The van der Waals surface area contributed by atoms with Gasteiger partial charge in [-0.2, -0.15) is 0 Å². The molecule has 14 heavy (non-hydrogen) atoms. The van der Waals surface area contributed by atoms with E-state index in [4.69, 9.17) is 5.73 Å². The molecule has 2 aromatic rings. The first-order valence-electron chi connectivity index (χ1n) is 4.77. The molecule has 0 aliphatic carbocycles. The lowest BCUT2D eigenvalue weighted by molar-refractivity contribution is 0.481. The molecule has 0 aliphatic rings. The second-order valence-electron chi connectivity index (χ2n) is 3.32. The van der Waals surface area contributed by atoms with Crippen LogP contribution in [0.5, 0.6) is 5.75 Å². The summed E-state index contributed by atoms with van der Waals surface area (Å²) in [7, 11) is 0. The van der Waals surface area contributed by atoms with Crippen LogP contribution < -0.4 is 5.73 Å². The summed E-state index contributed by atoms with van der Waals surface area (Å²) >= 11 is 0. The van der Waals surface area contributed by atoms with Gasteiger partial charge in [-0.15, -0.1) is 0 Å². The maximum Gasteiger partial charge on any atom is 0.125 e. The zero-order valence-electron chi connectivity index (χ0n) is 8.20. The van der Waals surface area contributed by atoms with Gasteiger partial charge < -0.3 is 15.4 Å². The number of fused-ring (bicyclic) bond motifs is 1. The molecule has 1 heterocycles. The fraction of sp³-hybridized carbons (Fsp3) is 0.273. The number of phenols is 1. The van der Waals surface area contributed by atoms with Crippen LogP contribution >= 0.6 is 0 Å². The van der Waals surface area contributed by atoms with Gasteiger partial charge in [0.1, 0.15) is 5.75 Å². The van der Waals surface area contributed by atoms with E-state index in [9.17, 15) is 5.11 Å². The summed E-state index contributed by atoms with van der Waals surface area (Å²) in [6.07, 6.45) is 2.00. The van der Waals surface area contributed by atoms with E-state index in [0.717, 1.165) is 23.0 Å². The molecule has 0 saturated heterocycles. The highest BCUT2D eigenvalue weighted by Crippen LogP contribution is 2.29. The second-order valence-corrected chi connectivity index (χ2v) is 3.32. The molecular formula is C11H14N2O. The number of benzene rings is 1. The summed E-state index contributed by atoms with van der Waals surface area (Å²) in [5, 5.41) is 10.6. The Morgan fingerprint density at radius 2 is 2.21 bits per heavy atom. The summed E-state index contributed by atoms with van der Waals surface area (Å²) in [6.45, 7) is 3.42. The quantitative estimate of drug-likeness (QED) is 0.759. The van der Waals surface area contributed by atoms with Crippen LogP contribution in [0.15, 0.2) is 24.4 Å². The Bertz CT molecular complexity index is 460. The van der Waals surface area contributed by atoms with Crippen molar-refractivity contribution < 1.29 is 5.11 Å². The van der Waals surface area contributed by atoms with E-state index in [1.54, 1.807) is 6.07 Å². The standard InChI is InChI=1S/C11H14N2O/c1-2-13-7-8(6-12)11-9(13)4-3-5-10(11)14/h3-5,7,14H,2,6,12H2,1H3. The minimum atomic E-state index is 0.315. The Morgan fingerprint density at radius 1 is 1.43 bits per heavy atom. The van der Waals surface area contributed by atoms with Crippen molar-refractivity contribution in [2.75, 3.05) is 0 Å². The minimum Gasteiger partial charge on any atom is -0.507 e. The van der Waals surface area contributed by atoms with Crippen LogP contribution in [0.3, 0.4) is 0 Å². The summed E-state index contributed by atoms with van der Waals surface area (Å²) in [6, 6.07) is 5.54. The molecule has 0 saturated carbocycles. The molecule has 3 nitrogen and oxygen atoms in total. The summed E-state index contributed by atoms with van der Waals surface area (Å²) < 4.78 is 2.09. The Hall–Kier alpha value is -1.48. The molecule has 0 spiro atoms. The van der Waals surface area contributed by atoms with Crippen LogP contribution in [-0.2, 0) is 13.1 Å². The number of nitrogens with zero attached hydrogens (tertiary/aromatic N) is 1. The molecule has 0 unspecified atom stereocenters. The van der Waals surface area contributed by atoms with Crippen LogP contribution in [0, 0.1) is 0 Å². The molecule has 0 amide bonds. The maximum atomic E-state index is 9.72. The number of aromatic hydroxyl groups is 1. The third-order valence-electron chi connectivity index (χ3n) is 2.52. The fourth-order valence-corrected chi connectivity index (χ4v) is 1.84. The van der Waals surface area contributed by atoms with Crippen molar-refractivity contribution in [3.63, 3.8) is 0 Å². The van der Waals surface area contributed by atoms with E-state index in [1.807, 2.05) is 18.3 Å².